The lowest BCUT2D eigenvalue weighted by Gasteiger charge is -2.28. The molecule has 2 aromatic rings. The van der Waals surface area contributed by atoms with Crippen molar-refractivity contribution >= 4 is 11.6 Å². The van der Waals surface area contributed by atoms with Gasteiger partial charge in [0, 0.05) is 12.3 Å². The Morgan fingerprint density at radius 3 is 2.60 bits per heavy atom. The third-order valence-electron chi connectivity index (χ3n) is 2.91. The summed E-state index contributed by atoms with van der Waals surface area (Å²) in [6, 6.07) is 5.90. The van der Waals surface area contributed by atoms with E-state index in [2.05, 4.69) is 23.9 Å². The van der Waals surface area contributed by atoms with Crippen LogP contribution in [0.25, 0.3) is 0 Å². The van der Waals surface area contributed by atoms with E-state index < -0.39 is 0 Å². The molecule has 0 N–H and O–H groups in total. The van der Waals surface area contributed by atoms with Crippen LogP contribution >= 0.6 is 11.6 Å². The van der Waals surface area contributed by atoms with E-state index in [0.29, 0.717) is 18.1 Å². The summed E-state index contributed by atoms with van der Waals surface area (Å²) in [7, 11) is 0. The van der Waals surface area contributed by atoms with Crippen LogP contribution in [0.4, 0.5) is 4.39 Å². The van der Waals surface area contributed by atoms with Crippen molar-refractivity contribution < 1.29 is 9.13 Å². The fraction of sp³-hybridized carbons (Fsp3) is 0.429. The molecule has 0 saturated heterocycles. The Hall–Kier alpha value is -1.62. The molecule has 1 aromatic heterocycles. The van der Waals surface area contributed by atoms with Crippen LogP contribution in [0.3, 0.4) is 0 Å². The lowest BCUT2D eigenvalue weighted by atomic mass is 9.91. The Labute approximate surface area is 122 Å². The zero-order chi connectivity index (χ0) is 14.6. The molecule has 4 nitrogen and oxygen atoms in total. The van der Waals surface area contributed by atoms with Crippen LogP contribution < -0.4 is 4.74 Å². The van der Waals surface area contributed by atoms with Crippen LogP contribution in [-0.4, -0.2) is 20.6 Å². The highest BCUT2D eigenvalue weighted by molar-refractivity contribution is 6.18. The van der Waals surface area contributed by atoms with Gasteiger partial charge in [0.05, 0.1) is 0 Å². The quantitative estimate of drug-likeness (QED) is 0.764. The minimum atomic E-state index is -0.336. The molecule has 1 atom stereocenters. The number of aromatic nitrogens is 3. The summed E-state index contributed by atoms with van der Waals surface area (Å²) in [5.74, 6) is 0.790. The SMILES string of the molecule is CC(C)(CCl)CC(Oc1ccc(F)cc1)n1cncn1. The molecule has 1 aromatic carbocycles. The van der Waals surface area contributed by atoms with Gasteiger partial charge in [0.1, 0.15) is 24.2 Å². The van der Waals surface area contributed by atoms with Crippen molar-refractivity contribution in [2.24, 2.45) is 5.41 Å². The van der Waals surface area contributed by atoms with Crippen molar-refractivity contribution in [1.29, 1.82) is 0 Å². The molecule has 1 heterocycles. The van der Waals surface area contributed by atoms with Crippen molar-refractivity contribution in [3.8, 4) is 5.75 Å². The van der Waals surface area contributed by atoms with Crippen molar-refractivity contribution in [3.05, 3.63) is 42.7 Å². The van der Waals surface area contributed by atoms with Gasteiger partial charge in [0.15, 0.2) is 6.23 Å². The van der Waals surface area contributed by atoms with Gasteiger partial charge in [-0.3, -0.25) is 0 Å². The molecule has 0 saturated carbocycles. The van der Waals surface area contributed by atoms with E-state index in [9.17, 15) is 4.39 Å². The number of rotatable bonds is 6. The number of halogens is 2. The lowest BCUT2D eigenvalue weighted by molar-refractivity contribution is 0.0725. The van der Waals surface area contributed by atoms with Gasteiger partial charge in [-0.1, -0.05) is 13.8 Å². The Bertz CT molecular complexity index is 528. The molecule has 0 fully saturated rings. The molecule has 0 bridgehead atoms. The van der Waals surface area contributed by atoms with Gasteiger partial charge in [-0.15, -0.1) is 11.6 Å². The van der Waals surface area contributed by atoms with Crippen molar-refractivity contribution in [2.45, 2.75) is 26.5 Å². The Kier molecular flexibility index (Phi) is 4.60. The fourth-order valence-electron chi connectivity index (χ4n) is 1.75. The van der Waals surface area contributed by atoms with Crippen molar-refractivity contribution in [2.75, 3.05) is 5.88 Å². The molecule has 20 heavy (non-hydrogen) atoms. The molecule has 0 spiro atoms. The average molecular weight is 298 g/mol. The molecule has 0 aliphatic rings. The van der Waals surface area contributed by atoms with Crippen LogP contribution in [-0.2, 0) is 0 Å². The van der Waals surface area contributed by atoms with Gasteiger partial charge in [-0.2, -0.15) is 5.10 Å². The largest absolute Gasteiger partial charge is 0.469 e. The smallest absolute Gasteiger partial charge is 0.193 e. The molecular formula is C14H17ClFN3O. The maximum atomic E-state index is 12.9. The predicted octanol–water partition coefficient (Wildman–Crippen LogP) is 3.65. The summed E-state index contributed by atoms with van der Waals surface area (Å²) in [6.45, 7) is 4.11. The molecule has 6 heteroatoms. The molecule has 0 amide bonds. The molecule has 2 rings (SSSR count). The summed E-state index contributed by atoms with van der Waals surface area (Å²) in [4.78, 5) is 3.93. The Morgan fingerprint density at radius 2 is 2.05 bits per heavy atom. The first kappa shape index (κ1) is 14.8. The minimum Gasteiger partial charge on any atom is -0.469 e. The average Bonchev–Trinajstić information content (AvgIpc) is 2.94. The summed E-state index contributed by atoms with van der Waals surface area (Å²) < 4.78 is 20.4. The maximum Gasteiger partial charge on any atom is 0.193 e. The highest BCUT2D eigenvalue weighted by atomic mass is 35.5. The highest BCUT2D eigenvalue weighted by Crippen LogP contribution is 2.31. The van der Waals surface area contributed by atoms with E-state index in [1.807, 2.05) is 0 Å². The second-order valence-electron chi connectivity index (χ2n) is 5.40. The normalized spacial score (nSPS) is 13.2. The maximum absolute atomic E-state index is 12.9. The van der Waals surface area contributed by atoms with Crippen LogP contribution in [0, 0.1) is 11.2 Å². The van der Waals surface area contributed by atoms with Gasteiger partial charge in [-0.05, 0) is 29.7 Å². The zero-order valence-corrected chi connectivity index (χ0v) is 12.2. The predicted molar refractivity (Wildman–Crippen MR) is 75.2 cm³/mol. The van der Waals surface area contributed by atoms with Crippen LogP contribution in [0.2, 0.25) is 0 Å². The van der Waals surface area contributed by atoms with Crippen LogP contribution in [0.1, 0.15) is 26.5 Å². The summed E-state index contributed by atoms with van der Waals surface area (Å²) in [6.07, 6.45) is 3.38. The molecule has 0 aliphatic carbocycles. The Morgan fingerprint density at radius 1 is 1.35 bits per heavy atom. The number of ether oxygens (including phenoxy) is 1. The highest BCUT2D eigenvalue weighted by Gasteiger charge is 2.25. The van der Waals surface area contributed by atoms with E-state index in [4.69, 9.17) is 16.3 Å². The third kappa shape index (κ3) is 3.93. The first-order chi connectivity index (χ1) is 9.50. The number of nitrogens with zero attached hydrogens (tertiary/aromatic N) is 3. The Balaban J connectivity index is 2.17. The topological polar surface area (TPSA) is 39.9 Å². The molecule has 108 valence electrons. The van der Waals surface area contributed by atoms with E-state index in [1.165, 1.54) is 18.5 Å². The van der Waals surface area contributed by atoms with Gasteiger partial charge in [-0.25, -0.2) is 14.1 Å². The van der Waals surface area contributed by atoms with Gasteiger partial charge in [0.25, 0.3) is 0 Å². The number of benzene rings is 1. The van der Waals surface area contributed by atoms with Crippen LogP contribution in [0.5, 0.6) is 5.75 Å². The van der Waals surface area contributed by atoms with Crippen molar-refractivity contribution in [3.63, 3.8) is 0 Å². The van der Waals surface area contributed by atoms with E-state index in [1.54, 1.807) is 23.1 Å². The summed E-state index contributed by atoms with van der Waals surface area (Å²) >= 11 is 5.97. The van der Waals surface area contributed by atoms with Gasteiger partial charge >= 0.3 is 0 Å². The molecule has 1 unspecified atom stereocenters. The number of hydrogen-bond donors (Lipinski definition) is 0. The standard InChI is InChI=1S/C14H17ClFN3O/c1-14(2,8-15)7-13(19-10-17-9-18-19)20-12-5-3-11(16)4-6-12/h3-6,9-10,13H,7-8H2,1-2H3. The minimum absolute atomic E-state index is 0.113. The first-order valence-corrected chi connectivity index (χ1v) is 6.86. The van der Waals surface area contributed by atoms with Gasteiger partial charge in [0.2, 0.25) is 0 Å². The lowest BCUT2D eigenvalue weighted by Crippen LogP contribution is -2.25. The van der Waals surface area contributed by atoms with E-state index in [0.717, 1.165) is 0 Å². The fourth-order valence-corrected chi connectivity index (χ4v) is 1.86. The van der Waals surface area contributed by atoms with E-state index in [-0.39, 0.29) is 17.5 Å². The zero-order valence-electron chi connectivity index (χ0n) is 11.5. The summed E-state index contributed by atoms with van der Waals surface area (Å²) in [5.41, 5.74) is -0.113. The van der Waals surface area contributed by atoms with Crippen molar-refractivity contribution in [1.82, 2.24) is 14.8 Å². The van der Waals surface area contributed by atoms with Crippen LogP contribution in [0.15, 0.2) is 36.9 Å². The second kappa shape index (κ2) is 6.22. The first-order valence-electron chi connectivity index (χ1n) is 6.32. The number of alkyl halides is 1. The second-order valence-corrected chi connectivity index (χ2v) is 5.67. The monoisotopic (exact) mass is 297 g/mol. The third-order valence-corrected chi connectivity index (χ3v) is 3.63. The molecular weight excluding hydrogens is 281 g/mol. The van der Waals surface area contributed by atoms with Gasteiger partial charge < -0.3 is 4.74 Å². The summed E-state index contributed by atoms with van der Waals surface area (Å²) in [5, 5.41) is 4.11. The number of hydrogen-bond acceptors (Lipinski definition) is 3. The molecule has 0 radical (unpaired) electrons. The van der Waals surface area contributed by atoms with E-state index >= 15 is 0 Å². The molecule has 0 aliphatic heterocycles.